The van der Waals surface area contributed by atoms with Crippen molar-refractivity contribution in [3.63, 3.8) is 0 Å². The number of carbonyl (C=O) groups excluding carboxylic acids is 1. The van der Waals surface area contributed by atoms with Gasteiger partial charge in [0.05, 0.1) is 23.3 Å². The third-order valence-corrected chi connectivity index (χ3v) is 4.97. The zero-order chi connectivity index (χ0) is 16.2. The summed E-state index contributed by atoms with van der Waals surface area (Å²) in [6, 6.07) is 15.8. The minimum Gasteiger partial charge on any atom is -0.376 e. The van der Waals surface area contributed by atoms with Crippen LogP contribution in [-0.2, 0) is 11.3 Å². The number of hydrogen-bond donors (Lipinski definition) is 1. The minimum absolute atomic E-state index is 0.0344. The number of amides is 1. The molecule has 1 N–H and O–H groups in total. The molecule has 3 rings (SSSR count). The number of thiazole rings is 1. The van der Waals surface area contributed by atoms with E-state index in [-0.39, 0.29) is 12.5 Å². The van der Waals surface area contributed by atoms with Gasteiger partial charge < -0.3 is 10.2 Å². The van der Waals surface area contributed by atoms with Crippen molar-refractivity contribution in [3.05, 3.63) is 58.0 Å². The lowest BCUT2D eigenvalue weighted by molar-refractivity contribution is -0.128. The Labute approximate surface area is 147 Å². The second-order valence-corrected chi connectivity index (χ2v) is 7.22. The molecule has 0 radical (unpaired) electrons. The molecular formula is C17H16BrN3OS. The molecule has 6 heteroatoms. The number of hydrogen-bond acceptors (Lipinski definition) is 4. The van der Waals surface area contributed by atoms with Gasteiger partial charge in [0.15, 0.2) is 0 Å². The number of halogens is 1. The first kappa shape index (κ1) is 16.0. The van der Waals surface area contributed by atoms with Crippen LogP contribution in [0.15, 0.2) is 53.0 Å². The van der Waals surface area contributed by atoms with Crippen LogP contribution < -0.4 is 5.32 Å². The number of rotatable bonds is 5. The fourth-order valence-electron chi connectivity index (χ4n) is 2.16. The van der Waals surface area contributed by atoms with Crippen molar-refractivity contribution in [2.24, 2.45) is 0 Å². The Morgan fingerprint density at radius 2 is 1.96 bits per heavy atom. The van der Waals surface area contributed by atoms with Gasteiger partial charge in [0.2, 0.25) is 5.91 Å². The molecular weight excluding hydrogens is 374 g/mol. The van der Waals surface area contributed by atoms with Gasteiger partial charge in [-0.05, 0) is 36.4 Å². The highest BCUT2D eigenvalue weighted by atomic mass is 79.9. The number of likely N-dealkylation sites (N-methyl/N-ethyl adjacent to an activating group) is 1. The van der Waals surface area contributed by atoms with Gasteiger partial charge in [-0.3, -0.25) is 4.79 Å². The molecule has 2 aromatic carbocycles. The molecule has 1 heterocycles. The van der Waals surface area contributed by atoms with E-state index in [2.05, 4.69) is 26.2 Å². The van der Waals surface area contributed by atoms with Crippen LogP contribution in [0.5, 0.6) is 0 Å². The zero-order valence-corrected chi connectivity index (χ0v) is 15.0. The highest BCUT2D eigenvalue weighted by Gasteiger charge is 2.12. The number of nitrogens with one attached hydrogen (secondary N) is 1. The van der Waals surface area contributed by atoms with Gasteiger partial charge in [-0.2, -0.15) is 0 Å². The summed E-state index contributed by atoms with van der Waals surface area (Å²) in [5.41, 5.74) is 1.91. The van der Waals surface area contributed by atoms with Crippen LogP contribution in [0.1, 0.15) is 5.01 Å². The van der Waals surface area contributed by atoms with Crippen LogP contribution in [0.3, 0.4) is 0 Å². The van der Waals surface area contributed by atoms with Crippen LogP contribution >= 0.6 is 27.3 Å². The number of fused-ring (bicyclic) bond motifs is 1. The largest absolute Gasteiger partial charge is 0.376 e. The Bertz CT molecular complexity index is 783. The van der Waals surface area contributed by atoms with Crippen molar-refractivity contribution >= 4 is 49.1 Å². The summed E-state index contributed by atoms with van der Waals surface area (Å²) >= 11 is 5.02. The van der Waals surface area contributed by atoms with E-state index in [1.807, 2.05) is 48.5 Å². The topological polar surface area (TPSA) is 45.2 Å². The fourth-order valence-corrected chi connectivity index (χ4v) is 3.44. The maximum absolute atomic E-state index is 12.2. The predicted octanol–water partition coefficient (Wildman–Crippen LogP) is 4.13. The first-order chi connectivity index (χ1) is 11.1. The van der Waals surface area contributed by atoms with E-state index < -0.39 is 0 Å². The van der Waals surface area contributed by atoms with Crippen molar-refractivity contribution in [3.8, 4) is 0 Å². The average Bonchev–Trinajstić information content (AvgIpc) is 2.96. The number of benzene rings is 2. The highest BCUT2D eigenvalue weighted by Crippen LogP contribution is 2.22. The molecule has 23 heavy (non-hydrogen) atoms. The summed E-state index contributed by atoms with van der Waals surface area (Å²) in [5, 5.41) is 4.09. The summed E-state index contributed by atoms with van der Waals surface area (Å²) in [6.07, 6.45) is 0. The Kier molecular flexibility index (Phi) is 4.93. The molecule has 0 unspecified atom stereocenters. The fraction of sp³-hybridized carbons (Fsp3) is 0.176. The Morgan fingerprint density at radius 1 is 1.22 bits per heavy atom. The lowest BCUT2D eigenvalue weighted by Gasteiger charge is -2.16. The molecule has 0 saturated carbocycles. The molecule has 1 amide bonds. The molecule has 3 aromatic rings. The number of aromatic nitrogens is 1. The van der Waals surface area contributed by atoms with Crippen LogP contribution in [0.2, 0.25) is 0 Å². The third kappa shape index (κ3) is 4.09. The summed E-state index contributed by atoms with van der Waals surface area (Å²) in [4.78, 5) is 18.5. The van der Waals surface area contributed by atoms with Gasteiger partial charge in [-0.25, -0.2) is 4.98 Å². The Balaban J connectivity index is 1.57. The monoisotopic (exact) mass is 389 g/mol. The molecule has 0 atom stereocenters. The first-order valence-corrected chi connectivity index (χ1v) is 8.80. The maximum atomic E-state index is 12.2. The molecule has 1 aromatic heterocycles. The molecule has 118 valence electrons. The molecule has 4 nitrogen and oxygen atoms in total. The summed E-state index contributed by atoms with van der Waals surface area (Å²) < 4.78 is 2.17. The Hall–Kier alpha value is -1.92. The van der Waals surface area contributed by atoms with E-state index >= 15 is 0 Å². The summed E-state index contributed by atoms with van der Waals surface area (Å²) in [6.45, 7) is 0.795. The van der Waals surface area contributed by atoms with Crippen molar-refractivity contribution in [2.45, 2.75) is 6.54 Å². The van der Waals surface area contributed by atoms with E-state index in [9.17, 15) is 4.79 Å². The van der Waals surface area contributed by atoms with E-state index in [0.717, 1.165) is 25.4 Å². The van der Waals surface area contributed by atoms with Gasteiger partial charge in [0, 0.05) is 17.2 Å². The average molecular weight is 390 g/mol. The van der Waals surface area contributed by atoms with Crippen molar-refractivity contribution < 1.29 is 4.79 Å². The molecule has 0 aliphatic rings. The number of anilines is 1. The molecule has 0 aliphatic carbocycles. The molecule has 0 saturated heterocycles. The van der Waals surface area contributed by atoms with Crippen LogP contribution in [0.25, 0.3) is 10.2 Å². The van der Waals surface area contributed by atoms with Crippen LogP contribution in [0, 0.1) is 0 Å². The maximum Gasteiger partial charge on any atom is 0.241 e. The molecule has 0 aliphatic heterocycles. The lowest BCUT2D eigenvalue weighted by atomic mass is 10.3. The SMILES string of the molecule is CN(Cc1nc2ccccc2s1)C(=O)CNc1ccc(Br)cc1. The van der Waals surface area contributed by atoms with Crippen molar-refractivity contribution in [1.29, 1.82) is 0 Å². The van der Waals surface area contributed by atoms with Crippen molar-refractivity contribution in [1.82, 2.24) is 9.88 Å². The van der Waals surface area contributed by atoms with E-state index in [1.54, 1.807) is 23.3 Å². The smallest absolute Gasteiger partial charge is 0.241 e. The van der Waals surface area contributed by atoms with Gasteiger partial charge in [0.25, 0.3) is 0 Å². The van der Waals surface area contributed by atoms with E-state index in [4.69, 9.17) is 0 Å². The number of para-hydroxylation sites is 1. The zero-order valence-electron chi connectivity index (χ0n) is 12.6. The predicted molar refractivity (Wildman–Crippen MR) is 98.7 cm³/mol. The third-order valence-electron chi connectivity index (χ3n) is 3.42. The van der Waals surface area contributed by atoms with Gasteiger partial charge in [-0.15, -0.1) is 11.3 Å². The molecule has 0 spiro atoms. The molecule has 0 fully saturated rings. The summed E-state index contributed by atoms with van der Waals surface area (Å²) in [5.74, 6) is 0.0344. The summed E-state index contributed by atoms with van der Waals surface area (Å²) in [7, 11) is 1.80. The second kappa shape index (κ2) is 7.10. The normalized spacial score (nSPS) is 10.7. The van der Waals surface area contributed by atoms with E-state index in [0.29, 0.717) is 6.54 Å². The van der Waals surface area contributed by atoms with Gasteiger partial charge >= 0.3 is 0 Å². The second-order valence-electron chi connectivity index (χ2n) is 5.19. The van der Waals surface area contributed by atoms with Crippen LogP contribution in [0.4, 0.5) is 5.69 Å². The number of nitrogens with zero attached hydrogens (tertiary/aromatic N) is 2. The Morgan fingerprint density at radius 3 is 2.70 bits per heavy atom. The highest BCUT2D eigenvalue weighted by molar-refractivity contribution is 9.10. The standard InChI is InChI=1S/C17H16BrN3OS/c1-21(11-16-20-14-4-2-3-5-15(14)23-16)17(22)10-19-13-8-6-12(18)7-9-13/h2-9,19H,10-11H2,1H3. The van der Waals surface area contributed by atoms with Gasteiger partial charge in [0.1, 0.15) is 5.01 Å². The van der Waals surface area contributed by atoms with Crippen LogP contribution in [-0.4, -0.2) is 29.4 Å². The van der Waals surface area contributed by atoms with Crippen molar-refractivity contribution in [2.75, 3.05) is 18.9 Å². The van der Waals surface area contributed by atoms with Gasteiger partial charge in [-0.1, -0.05) is 28.1 Å². The minimum atomic E-state index is 0.0344. The van der Waals surface area contributed by atoms with E-state index in [1.165, 1.54) is 0 Å². The quantitative estimate of drug-likeness (QED) is 0.713. The molecule has 0 bridgehead atoms. The lowest BCUT2D eigenvalue weighted by Crippen LogP contribution is -2.31. The first-order valence-electron chi connectivity index (χ1n) is 7.19. The number of carbonyl (C=O) groups is 1.